The number of amides is 1. The Labute approximate surface area is 410 Å². The van der Waals surface area contributed by atoms with Crippen LogP contribution < -0.4 is 5.32 Å². The van der Waals surface area contributed by atoms with Gasteiger partial charge in [0.05, 0.1) is 18.8 Å². The molecular formula is C60H113NO5. The number of allylic oxidation sites excluding steroid dienone is 8. The summed E-state index contributed by atoms with van der Waals surface area (Å²) in [4.78, 5) is 12.6. The summed E-state index contributed by atoms with van der Waals surface area (Å²) in [5.74, 6) is -0.597. The van der Waals surface area contributed by atoms with Crippen molar-refractivity contribution in [1.82, 2.24) is 5.32 Å². The number of aliphatic hydroxyl groups is 4. The molecule has 0 rings (SSSR count). The van der Waals surface area contributed by atoms with Crippen molar-refractivity contribution < 1.29 is 25.2 Å². The van der Waals surface area contributed by atoms with Crippen LogP contribution in [0.25, 0.3) is 0 Å². The Hall–Kier alpha value is -1.73. The minimum atomic E-state index is -1.29. The number of unbranched alkanes of at least 4 members (excludes halogenated alkanes) is 36. The van der Waals surface area contributed by atoms with E-state index in [4.69, 9.17) is 0 Å². The van der Waals surface area contributed by atoms with Gasteiger partial charge in [0.2, 0.25) is 5.91 Å². The zero-order chi connectivity index (χ0) is 48.1. The molecule has 0 saturated carbocycles. The minimum absolute atomic E-state index is 0.359. The Kier molecular flexibility index (Phi) is 52.8. The molecule has 6 heteroatoms. The lowest BCUT2D eigenvalue weighted by Crippen LogP contribution is -2.53. The number of carbonyl (C=O) groups is 1. The lowest BCUT2D eigenvalue weighted by Gasteiger charge is -2.27. The van der Waals surface area contributed by atoms with Crippen LogP contribution in [-0.2, 0) is 4.79 Å². The zero-order valence-electron chi connectivity index (χ0n) is 43.9. The summed E-state index contributed by atoms with van der Waals surface area (Å²) >= 11 is 0. The molecule has 0 aromatic carbocycles. The highest BCUT2D eigenvalue weighted by Gasteiger charge is 2.28. The molecule has 0 aromatic rings. The Morgan fingerprint density at radius 2 is 0.636 bits per heavy atom. The van der Waals surface area contributed by atoms with Crippen molar-refractivity contribution in [2.45, 2.75) is 321 Å². The van der Waals surface area contributed by atoms with Crippen LogP contribution in [0.1, 0.15) is 296 Å². The molecule has 4 atom stereocenters. The van der Waals surface area contributed by atoms with Crippen LogP contribution in [0.15, 0.2) is 48.6 Å². The van der Waals surface area contributed by atoms with Gasteiger partial charge in [-0.2, -0.15) is 0 Å². The van der Waals surface area contributed by atoms with E-state index in [1.807, 2.05) is 0 Å². The average Bonchev–Trinajstić information content (AvgIpc) is 3.32. The van der Waals surface area contributed by atoms with Crippen molar-refractivity contribution in [2.24, 2.45) is 0 Å². The van der Waals surface area contributed by atoms with Gasteiger partial charge in [-0.25, -0.2) is 0 Å². The second-order valence-corrected chi connectivity index (χ2v) is 20.0. The summed E-state index contributed by atoms with van der Waals surface area (Å²) in [7, 11) is 0. The van der Waals surface area contributed by atoms with Gasteiger partial charge in [0, 0.05) is 0 Å². The summed E-state index contributed by atoms with van der Waals surface area (Å²) in [6.45, 7) is 4.03. The third-order valence-corrected chi connectivity index (χ3v) is 13.5. The van der Waals surface area contributed by atoms with E-state index in [0.29, 0.717) is 19.3 Å². The van der Waals surface area contributed by atoms with E-state index < -0.39 is 36.9 Å². The first kappa shape index (κ1) is 64.3. The average molecular weight is 929 g/mol. The molecule has 0 aliphatic rings. The third-order valence-electron chi connectivity index (χ3n) is 13.5. The molecule has 0 bridgehead atoms. The van der Waals surface area contributed by atoms with E-state index in [2.05, 4.69) is 67.8 Å². The van der Waals surface area contributed by atoms with Crippen molar-refractivity contribution in [1.29, 1.82) is 0 Å². The second-order valence-electron chi connectivity index (χ2n) is 20.0. The van der Waals surface area contributed by atoms with E-state index in [0.717, 1.165) is 51.4 Å². The van der Waals surface area contributed by atoms with Crippen LogP contribution in [0.5, 0.6) is 0 Å². The molecule has 0 saturated heterocycles. The fraction of sp³-hybridized carbons (Fsp3) is 0.850. The maximum absolute atomic E-state index is 12.6. The standard InChI is InChI=1S/C60H113NO5/c1-3-5-7-9-11-13-15-17-19-21-22-23-24-25-26-27-28-29-30-31-32-33-34-35-36-37-38-40-42-44-46-48-50-52-54-58(64)60(66)61-56(55-62)59(65)57(63)53-51-49-47-45-43-41-39-20-18-16-14-12-10-8-6-4-2/h12,14,20,27-28,39,45,47,56-59,62-65H,3-11,13,15-19,21-26,29-38,40-44,46,48-55H2,1-2H3,(H,61,66)/b14-12+,28-27-,39-20+,47-45+. The van der Waals surface area contributed by atoms with Crippen molar-refractivity contribution in [3.05, 3.63) is 48.6 Å². The quantitative estimate of drug-likeness (QED) is 0.0308. The SMILES string of the molecule is CCCCC/C=C/CC/C=C/CC/C=C/CCCC(O)C(O)C(CO)NC(=O)C(O)CCCCCCCCCCCCCCCCCC/C=C\CCCCCCCCCCCCCCCC. The smallest absolute Gasteiger partial charge is 0.249 e. The summed E-state index contributed by atoms with van der Waals surface area (Å²) in [5.41, 5.74) is 0. The van der Waals surface area contributed by atoms with Crippen molar-refractivity contribution in [2.75, 3.05) is 6.61 Å². The fourth-order valence-corrected chi connectivity index (χ4v) is 8.90. The van der Waals surface area contributed by atoms with Crippen LogP contribution in [-0.4, -0.2) is 57.3 Å². The van der Waals surface area contributed by atoms with Gasteiger partial charge >= 0.3 is 0 Å². The Balaban J connectivity index is 3.59. The number of rotatable bonds is 53. The van der Waals surface area contributed by atoms with Crippen molar-refractivity contribution >= 4 is 5.91 Å². The van der Waals surface area contributed by atoms with Crippen molar-refractivity contribution in [3.63, 3.8) is 0 Å². The molecule has 6 nitrogen and oxygen atoms in total. The monoisotopic (exact) mass is 928 g/mol. The molecule has 0 aromatic heterocycles. The maximum atomic E-state index is 12.6. The van der Waals surface area contributed by atoms with E-state index in [-0.39, 0.29) is 0 Å². The highest BCUT2D eigenvalue weighted by molar-refractivity contribution is 5.80. The van der Waals surface area contributed by atoms with Crippen LogP contribution >= 0.6 is 0 Å². The van der Waals surface area contributed by atoms with E-state index in [1.54, 1.807) is 0 Å². The molecular weight excluding hydrogens is 815 g/mol. The van der Waals surface area contributed by atoms with Gasteiger partial charge in [0.1, 0.15) is 12.2 Å². The minimum Gasteiger partial charge on any atom is -0.394 e. The van der Waals surface area contributed by atoms with Gasteiger partial charge in [0.25, 0.3) is 0 Å². The number of nitrogens with one attached hydrogen (secondary N) is 1. The molecule has 4 unspecified atom stereocenters. The predicted molar refractivity (Wildman–Crippen MR) is 288 cm³/mol. The highest BCUT2D eigenvalue weighted by Crippen LogP contribution is 2.17. The van der Waals surface area contributed by atoms with Crippen LogP contribution in [0.2, 0.25) is 0 Å². The number of aliphatic hydroxyl groups excluding tert-OH is 4. The van der Waals surface area contributed by atoms with Crippen LogP contribution in [0.3, 0.4) is 0 Å². The van der Waals surface area contributed by atoms with E-state index in [9.17, 15) is 25.2 Å². The summed E-state index contributed by atoms with van der Waals surface area (Å²) < 4.78 is 0. The molecule has 0 aliphatic heterocycles. The molecule has 0 heterocycles. The van der Waals surface area contributed by atoms with Gasteiger partial charge in [0.15, 0.2) is 0 Å². The summed E-state index contributed by atoms with van der Waals surface area (Å²) in [6, 6.07) is -1.01. The molecule has 0 radical (unpaired) electrons. The number of hydrogen-bond acceptors (Lipinski definition) is 5. The largest absolute Gasteiger partial charge is 0.394 e. The molecule has 388 valence electrons. The first-order valence-corrected chi connectivity index (χ1v) is 29.0. The Morgan fingerprint density at radius 3 is 0.985 bits per heavy atom. The van der Waals surface area contributed by atoms with Gasteiger partial charge in [-0.15, -0.1) is 0 Å². The second kappa shape index (κ2) is 54.2. The van der Waals surface area contributed by atoms with Crippen LogP contribution in [0.4, 0.5) is 0 Å². The predicted octanol–water partition coefficient (Wildman–Crippen LogP) is 17.0. The molecule has 66 heavy (non-hydrogen) atoms. The number of hydrogen-bond donors (Lipinski definition) is 5. The normalized spacial score (nSPS) is 14.1. The van der Waals surface area contributed by atoms with Gasteiger partial charge < -0.3 is 25.7 Å². The molecule has 1 amide bonds. The third kappa shape index (κ3) is 47.3. The van der Waals surface area contributed by atoms with Crippen molar-refractivity contribution in [3.8, 4) is 0 Å². The lowest BCUT2D eigenvalue weighted by molar-refractivity contribution is -0.132. The zero-order valence-corrected chi connectivity index (χ0v) is 43.9. The summed E-state index contributed by atoms with van der Waals surface area (Å²) in [6.07, 6.45) is 69.1. The molecule has 0 aliphatic carbocycles. The highest BCUT2D eigenvalue weighted by atomic mass is 16.3. The topological polar surface area (TPSA) is 110 Å². The molecule has 0 fully saturated rings. The maximum Gasteiger partial charge on any atom is 0.249 e. The Morgan fingerprint density at radius 1 is 0.364 bits per heavy atom. The first-order valence-electron chi connectivity index (χ1n) is 29.0. The van der Waals surface area contributed by atoms with E-state index >= 15 is 0 Å². The lowest BCUT2D eigenvalue weighted by atomic mass is 10.00. The first-order chi connectivity index (χ1) is 32.5. The fourth-order valence-electron chi connectivity index (χ4n) is 8.90. The van der Waals surface area contributed by atoms with Gasteiger partial charge in [-0.1, -0.05) is 255 Å². The summed E-state index contributed by atoms with van der Waals surface area (Å²) in [5, 5.41) is 43.9. The molecule has 5 N–H and O–H groups in total. The van der Waals surface area contributed by atoms with Gasteiger partial charge in [-0.05, 0) is 89.9 Å². The molecule has 0 spiro atoms. The Bertz CT molecular complexity index is 1090. The van der Waals surface area contributed by atoms with Gasteiger partial charge in [-0.3, -0.25) is 4.79 Å². The van der Waals surface area contributed by atoms with E-state index in [1.165, 1.54) is 212 Å². The van der Waals surface area contributed by atoms with Crippen LogP contribution in [0, 0.1) is 0 Å². The number of carbonyl (C=O) groups excluding carboxylic acids is 1.